The molecule has 1 aromatic carbocycles. The van der Waals surface area contributed by atoms with Crippen LogP contribution in [0.1, 0.15) is 24.0 Å². The first-order chi connectivity index (χ1) is 9.40. The Balaban J connectivity index is 2.07. The lowest BCUT2D eigenvalue weighted by Crippen LogP contribution is -2.30. The highest BCUT2D eigenvalue weighted by atomic mass is 19.4. The van der Waals surface area contributed by atoms with Crippen LogP contribution in [0.3, 0.4) is 0 Å². The lowest BCUT2D eigenvalue weighted by molar-refractivity contribution is -0.139. The molecule has 1 aliphatic carbocycles. The van der Waals surface area contributed by atoms with Gasteiger partial charge in [-0.15, -0.1) is 0 Å². The number of hydrogen-bond acceptors (Lipinski definition) is 3. The van der Waals surface area contributed by atoms with Gasteiger partial charge in [-0.3, -0.25) is 4.79 Å². The van der Waals surface area contributed by atoms with Gasteiger partial charge in [0, 0.05) is 12.6 Å². The van der Waals surface area contributed by atoms with Crippen LogP contribution in [0.25, 0.3) is 0 Å². The lowest BCUT2D eigenvalue weighted by atomic mass is 10.1. The Kier molecular flexibility index (Phi) is 4.17. The summed E-state index contributed by atoms with van der Waals surface area (Å²) < 4.78 is 43.6. The van der Waals surface area contributed by atoms with Crippen molar-refractivity contribution >= 4 is 5.91 Å². The average molecular weight is 288 g/mol. The van der Waals surface area contributed by atoms with Crippen LogP contribution in [0.15, 0.2) is 18.2 Å². The van der Waals surface area contributed by atoms with Crippen molar-refractivity contribution in [3.8, 4) is 5.75 Å². The fraction of sp³-hybridized carbons (Fsp3) is 0.462. The molecule has 20 heavy (non-hydrogen) atoms. The molecule has 0 atom stereocenters. The molecule has 110 valence electrons. The minimum atomic E-state index is -4.55. The van der Waals surface area contributed by atoms with E-state index in [0.29, 0.717) is 5.56 Å². The van der Waals surface area contributed by atoms with E-state index < -0.39 is 24.3 Å². The van der Waals surface area contributed by atoms with E-state index in [-0.39, 0.29) is 18.3 Å². The Hall–Kier alpha value is -1.76. The van der Waals surface area contributed by atoms with Crippen molar-refractivity contribution in [3.63, 3.8) is 0 Å². The molecule has 3 N–H and O–H groups in total. The third-order valence-electron chi connectivity index (χ3n) is 2.89. The topological polar surface area (TPSA) is 64.3 Å². The van der Waals surface area contributed by atoms with Gasteiger partial charge in [-0.05, 0) is 30.5 Å². The fourth-order valence-corrected chi connectivity index (χ4v) is 1.69. The van der Waals surface area contributed by atoms with Gasteiger partial charge in [0.1, 0.15) is 5.75 Å². The smallest absolute Gasteiger partial charge is 0.419 e. The Morgan fingerprint density at radius 3 is 2.65 bits per heavy atom. The highest BCUT2D eigenvalue weighted by molar-refractivity contribution is 5.78. The third-order valence-corrected chi connectivity index (χ3v) is 2.89. The largest absolute Gasteiger partial charge is 0.483 e. The van der Waals surface area contributed by atoms with Gasteiger partial charge >= 0.3 is 6.18 Å². The number of benzene rings is 1. The summed E-state index contributed by atoms with van der Waals surface area (Å²) in [5, 5.41) is 2.64. The number of ether oxygens (including phenoxy) is 1. The number of hydrogen-bond donors (Lipinski definition) is 2. The normalized spacial score (nSPS) is 15.0. The quantitative estimate of drug-likeness (QED) is 0.868. The third kappa shape index (κ3) is 3.86. The zero-order valence-corrected chi connectivity index (χ0v) is 10.7. The van der Waals surface area contributed by atoms with Crippen molar-refractivity contribution in [1.29, 1.82) is 0 Å². The standard InChI is InChI=1S/C13H15F3N2O2/c14-13(15,16)10-5-8(6-17)1-4-11(10)20-7-12(19)18-9-2-3-9/h1,4-5,9H,2-3,6-7,17H2,(H,18,19). The van der Waals surface area contributed by atoms with Crippen LogP contribution in [0.4, 0.5) is 13.2 Å². The number of nitrogens with two attached hydrogens (primary N) is 1. The maximum Gasteiger partial charge on any atom is 0.419 e. The second-order valence-corrected chi connectivity index (χ2v) is 4.66. The molecular formula is C13H15F3N2O2. The number of rotatable bonds is 5. The zero-order chi connectivity index (χ0) is 14.8. The molecule has 0 unspecified atom stereocenters. The maximum absolute atomic E-state index is 12.9. The van der Waals surface area contributed by atoms with Crippen molar-refractivity contribution in [2.45, 2.75) is 31.6 Å². The monoisotopic (exact) mass is 288 g/mol. The molecule has 4 nitrogen and oxygen atoms in total. The fourth-order valence-electron chi connectivity index (χ4n) is 1.69. The molecule has 2 rings (SSSR count). The summed E-state index contributed by atoms with van der Waals surface area (Å²) in [4.78, 5) is 11.4. The summed E-state index contributed by atoms with van der Waals surface area (Å²) in [7, 11) is 0. The second kappa shape index (κ2) is 5.70. The van der Waals surface area contributed by atoms with E-state index in [9.17, 15) is 18.0 Å². The molecule has 0 spiro atoms. The zero-order valence-electron chi connectivity index (χ0n) is 10.7. The molecule has 7 heteroatoms. The first-order valence-corrected chi connectivity index (χ1v) is 6.22. The highest BCUT2D eigenvalue weighted by Crippen LogP contribution is 2.36. The van der Waals surface area contributed by atoms with Crippen LogP contribution < -0.4 is 15.8 Å². The maximum atomic E-state index is 12.9. The molecule has 1 aliphatic rings. The van der Waals surface area contributed by atoms with E-state index >= 15 is 0 Å². The number of carbonyl (C=O) groups excluding carboxylic acids is 1. The van der Waals surface area contributed by atoms with Crippen LogP contribution in [0.2, 0.25) is 0 Å². The van der Waals surface area contributed by atoms with Crippen molar-refractivity contribution < 1.29 is 22.7 Å². The van der Waals surface area contributed by atoms with Gasteiger partial charge in [-0.1, -0.05) is 6.07 Å². The van der Waals surface area contributed by atoms with Crippen molar-refractivity contribution in [2.75, 3.05) is 6.61 Å². The summed E-state index contributed by atoms with van der Waals surface area (Å²) in [5.74, 6) is -0.774. The molecule has 0 aromatic heterocycles. The summed E-state index contributed by atoms with van der Waals surface area (Å²) in [6.07, 6.45) is -2.73. The van der Waals surface area contributed by atoms with Gasteiger partial charge < -0.3 is 15.8 Å². The number of carbonyl (C=O) groups is 1. The van der Waals surface area contributed by atoms with Crippen molar-refractivity contribution in [3.05, 3.63) is 29.3 Å². The summed E-state index contributed by atoms with van der Waals surface area (Å²) in [6.45, 7) is -0.424. The first-order valence-electron chi connectivity index (χ1n) is 6.22. The van der Waals surface area contributed by atoms with Crippen LogP contribution in [0.5, 0.6) is 5.75 Å². The average Bonchev–Trinajstić information content (AvgIpc) is 3.19. The van der Waals surface area contributed by atoms with Crippen LogP contribution in [-0.4, -0.2) is 18.6 Å². The van der Waals surface area contributed by atoms with E-state index in [1.165, 1.54) is 12.1 Å². The molecule has 0 aliphatic heterocycles. The van der Waals surface area contributed by atoms with Crippen LogP contribution in [-0.2, 0) is 17.5 Å². The van der Waals surface area contributed by atoms with Crippen LogP contribution in [0, 0.1) is 0 Å². The predicted molar refractivity (Wildman–Crippen MR) is 66.0 cm³/mol. The van der Waals surface area contributed by atoms with Gasteiger partial charge in [0.25, 0.3) is 5.91 Å². The van der Waals surface area contributed by atoms with Crippen LogP contribution >= 0.6 is 0 Å². The Labute approximate surface area is 114 Å². The Bertz CT molecular complexity index is 499. The van der Waals surface area contributed by atoms with E-state index in [1.807, 2.05) is 0 Å². The van der Waals surface area contributed by atoms with E-state index in [4.69, 9.17) is 10.5 Å². The molecule has 1 amide bonds. The summed E-state index contributed by atoms with van der Waals surface area (Å²) in [5.41, 5.74) is 4.76. The minimum Gasteiger partial charge on any atom is -0.483 e. The van der Waals surface area contributed by atoms with Gasteiger partial charge in [0.05, 0.1) is 5.56 Å². The molecule has 1 aromatic rings. The molecule has 1 saturated carbocycles. The van der Waals surface area contributed by atoms with Gasteiger partial charge in [-0.2, -0.15) is 13.2 Å². The molecule has 0 radical (unpaired) electrons. The molecular weight excluding hydrogens is 273 g/mol. The van der Waals surface area contributed by atoms with Gasteiger partial charge in [0.15, 0.2) is 6.61 Å². The highest BCUT2D eigenvalue weighted by Gasteiger charge is 2.35. The van der Waals surface area contributed by atoms with Gasteiger partial charge in [0.2, 0.25) is 0 Å². The van der Waals surface area contributed by atoms with E-state index in [0.717, 1.165) is 18.9 Å². The SMILES string of the molecule is NCc1ccc(OCC(=O)NC2CC2)c(C(F)(F)F)c1. The number of halogens is 3. The first kappa shape index (κ1) is 14.6. The minimum absolute atomic E-state index is 0.00548. The van der Waals surface area contributed by atoms with Gasteiger partial charge in [-0.25, -0.2) is 0 Å². The number of nitrogens with one attached hydrogen (secondary N) is 1. The van der Waals surface area contributed by atoms with Crippen molar-refractivity contribution in [1.82, 2.24) is 5.32 Å². The van der Waals surface area contributed by atoms with E-state index in [1.54, 1.807) is 0 Å². The number of alkyl halides is 3. The van der Waals surface area contributed by atoms with Crippen molar-refractivity contribution in [2.24, 2.45) is 5.73 Å². The number of amides is 1. The summed E-state index contributed by atoms with van der Waals surface area (Å²) >= 11 is 0. The molecule has 0 saturated heterocycles. The lowest BCUT2D eigenvalue weighted by Gasteiger charge is -2.15. The Morgan fingerprint density at radius 2 is 2.10 bits per heavy atom. The summed E-state index contributed by atoms with van der Waals surface area (Å²) in [6, 6.07) is 3.72. The second-order valence-electron chi connectivity index (χ2n) is 4.66. The molecule has 1 fully saturated rings. The molecule has 0 bridgehead atoms. The Morgan fingerprint density at radius 1 is 1.40 bits per heavy atom. The molecule has 0 heterocycles. The van der Waals surface area contributed by atoms with E-state index in [2.05, 4.69) is 5.32 Å². The predicted octanol–water partition coefficient (Wildman–Crippen LogP) is 1.82.